The number of nitrogens with zero attached hydrogens (tertiary/aromatic N) is 2. The van der Waals surface area contributed by atoms with Crippen molar-refractivity contribution in [1.29, 1.82) is 0 Å². The molecule has 0 aliphatic carbocycles. The number of amides is 2. The first-order chi connectivity index (χ1) is 17.0. The minimum absolute atomic E-state index is 0.193. The van der Waals surface area contributed by atoms with Crippen LogP contribution in [0.1, 0.15) is 33.6 Å². The Balaban J connectivity index is 1.32. The predicted octanol–water partition coefficient (Wildman–Crippen LogP) is 4.83. The fourth-order valence-corrected chi connectivity index (χ4v) is 5.23. The number of phenols is 1. The van der Waals surface area contributed by atoms with E-state index in [1.165, 1.54) is 29.5 Å². The van der Waals surface area contributed by atoms with Gasteiger partial charge < -0.3 is 14.6 Å². The average Bonchev–Trinajstić information content (AvgIpc) is 3.47. The lowest BCUT2D eigenvalue weighted by atomic mass is 10.1. The van der Waals surface area contributed by atoms with Crippen LogP contribution in [0.15, 0.2) is 70.5 Å². The second kappa shape index (κ2) is 10.0. The molecule has 2 amide bonds. The highest BCUT2D eigenvalue weighted by Gasteiger charge is 2.37. The van der Waals surface area contributed by atoms with Crippen LogP contribution in [0.3, 0.4) is 0 Å². The normalized spacial score (nSPS) is 15.5. The molecule has 2 aliphatic heterocycles. The van der Waals surface area contributed by atoms with Gasteiger partial charge in [0.05, 0.1) is 23.9 Å². The molecule has 1 N–H and O–H groups in total. The van der Waals surface area contributed by atoms with Gasteiger partial charge in [0.1, 0.15) is 12.4 Å². The third-order valence-corrected chi connectivity index (χ3v) is 7.20. The average molecular weight is 491 g/mol. The lowest BCUT2D eigenvalue weighted by molar-refractivity contribution is 0.0926. The van der Waals surface area contributed by atoms with Gasteiger partial charge in [-0.15, -0.1) is 0 Å². The summed E-state index contributed by atoms with van der Waals surface area (Å²) in [6, 6.07) is 17.2. The summed E-state index contributed by atoms with van der Waals surface area (Å²) in [5.74, 6) is 0.515. The van der Waals surface area contributed by atoms with Crippen molar-refractivity contribution in [2.24, 2.45) is 0 Å². The minimum Gasteiger partial charge on any atom is -0.508 e. The van der Waals surface area contributed by atoms with Crippen molar-refractivity contribution in [2.45, 2.75) is 22.6 Å². The highest BCUT2D eigenvalue weighted by molar-refractivity contribution is 7.99. The summed E-state index contributed by atoms with van der Waals surface area (Å²) >= 11 is 1.45. The monoisotopic (exact) mass is 490 g/mol. The minimum atomic E-state index is -0.372. The second-order valence-electron chi connectivity index (χ2n) is 8.48. The molecule has 0 bridgehead atoms. The van der Waals surface area contributed by atoms with E-state index in [0.717, 1.165) is 29.4 Å². The van der Waals surface area contributed by atoms with E-state index in [1.54, 1.807) is 61.7 Å². The van der Waals surface area contributed by atoms with Gasteiger partial charge in [0, 0.05) is 22.4 Å². The van der Waals surface area contributed by atoms with Gasteiger partial charge in [-0.3, -0.25) is 14.5 Å². The number of fused-ring (bicyclic) bond motifs is 1. The van der Waals surface area contributed by atoms with Crippen LogP contribution in [0.5, 0.6) is 17.2 Å². The van der Waals surface area contributed by atoms with E-state index < -0.39 is 0 Å². The maximum atomic E-state index is 13.2. The Labute approximate surface area is 208 Å². The molecule has 35 heavy (non-hydrogen) atoms. The first-order valence-electron chi connectivity index (χ1n) is 11.6. The molecule has 7 nitrogen and oxygen atoms in total. The Hall–Kier alpha value is -3.49. The molecule has 0 spiro atoms. The molecule has 0 aromatic heterocycles. The Morgan fingerprint density at radius 1 is 0.857 bits per heavy atom. The number of aromatic hydroxyl groups is 1. The number of hydrogen-bond acceptors (Lipinski definition) is 7. The van der Waals surface area contributed by atoms with Crippen LogP contribution in [0.4, 0.5) is 5.69 Å². The van der Waals surface area contributed by atoms with Crippen molar-refractivity contribution < 1.29 is 24.2 Å². The number of methoxy groups -OCH3 is 1. The van der Waals surface area contributed by atoms with Gasteiger partial charge in [-0.25, -0.2) is 4.90 Å². The van der Waals surface area contributed by atoms with Crippen LogP contribution in [0, 0.1) is 0 Å². The van der Waals surface area contributed by atoms with Crippen molar-refractivity contribution >= 4 is 29.3 Å². The molecule has 0 radical (unpaired) electrons. The molecule has 0 unspecified atom stereocenters. The van der Waals surface area contributed by atoms with Crippen molar-refractivity contribution in [2.75, 3.05) is 38.3 Å². The Morgan fingerprint density at radius 3 is 2.31 bits per heavy atom. The summed E-state index contributed by atoms with van der Waals surface area (Å²) in [5.41, 5.74) is 1.17. The van der Waals surface area contributed by atoms with Crippen LogP contribution >= 0.6 is 11.8 Å². The zero-order valence-electron chi connectivity index (χ0n) is 19.4. The number of likely N-dealkylation sites (tertiary alicyclic amines) is 1. The number of carbonyl (C=O) groups is 2. The maximum Gasteiger partial charge on any atom is 0.266 e. The van der Waals surface area contributed by atoms with Crippen molar-refractivity contribution in [3.8, 4) is 17.2 Å². The fraction of sp³-hybridized carbons (Fsp3) is 0.259. The van der Waals surface area contributed by atoms with Crippen molar-refractivity contribution in [3.05, 3.63) is 71.8 Å². The first kappa shape index (κ1) is 23.3. The number of phenolic OH excluding ortho intramolecular Hbond substituents is 1. The number of carbonyl (C=O) groups excluding carboxylic acids is 2. The third kappa shape index (κ3) is 4.85. The summed E-state index contributed by atoms with van der Waals surface area (Å²) in [6.45, 7) is 3.61. The number of anilines is 1. The van der Waals surface area contributed by atoms with Crippen LogP contribution in [-0.2, 0) is 0 Å². The second-order valence-corrected chi connectivity index (χ2v) is 9.63. The van der Waals surface area contributed by atoms with E-state index in [2.05, 4.69) is 4.90 Å². The molecule has 0 saturated carbocycles. The number of imide groups is 1. The number of rotatable bonds is 8. The number of hydrogen-bond donors (Lipinski definition) is 1. The van der Waals surface area contributed by atoms with E-state index in [4.69, 9.17) is 9.47 Å². The highest BCUT2D eigenvalue weighted by Crippen LogP contribution is 2.37. The Bertz CT molecular complexity index is 1250. The van der Waals surface area contributed by atoms with Crippen LogP contribution < -0.4 is 14.4 Å². The van der Waals surface area contributed by atoms with Gasteiger partial charge in [-0.05, 0) is 80.5 Å². The molecule has 3 aromatic carbocycles. The summed E-state index contributed by atoms with van der Waals surface area (Å²) < 4.78 is 11.4. The first-order valence-corrected chi connectivity index (χ1v) is 12.4. The standard InChI is InChI=1S/C27H26N2O5S/c1-33-25-16-18(4-11-24(25)34-15-14-28-12-2-3-13-28)29-26(31)22-10-9-21(17-23(22)27(29)32)35-20-7-5-19(30)6-8-20/h4-11,16-17,30H,2-3,12-15H2,1H3. The van der Waals surface area contributed by atoms with Gasteiger partial charge in [-0.2, -0.15) is 0 Å². The van der Waals surface area contributed by atoms with Crippen LogP contribution in [-0.4, -0.2) is 55.2 Å². The van der Waals surface area contributed by atoms with Gasteiger partial charge in [0.25, 0.3) is 11.8 Å². The molecule has 2 aliphatic rings. The molecule has 1 fully saturated rings. The summed E-state index contributed by atoms with van der Waals surface area (Å²) in [7, 11) is 1.54. The van der Waals surface area contributed by atoms with Crippen molar-refractivity contribution in [3.63, 3.8) is 0 Å². The van der Waals surface area contributed by atoms with E-state index in [-0.39, 0.29) is 17.6 Å². The van der Waals surface area contributed by atoms with Crippen LogP contribution in [0.2, 0.25) is 0 Å². The lowest BCUT2D eigenvalue weighted by Crippen LogP contribution is -2.29. The quantitative estimate of drug-likeness (QED) is 0.453. The molecule has 3 aromatic rings. The van der Waals surface area contributed by atoms with Gasteiger partial charge in [0.15, 0.2) is 11.5 Å². The molecule has 8 heteroatoms. The summed E-state index contributed by atoms with van der Waals surface area (Å²) in [5, 5.41) is 9.48. The third-order valence-electron chi connectivity index (χ3n) is 6.20. The Kier molecular flexibility index (Phi) is 6.66. The molecular formula is C27H26N2O5S. The van der Waals surface area contributed by atoms with E-state index in [9.17, 15) is 14.7 Å². The van der Waals surface area contributed by atoms with E-state index >= 15 is 0 Å². The number of ether oxygens (including phenoxy) is 2. The summed E-state index contributed by atoms with van der Waals surface area (Å²) in [4.78, 5) is 31.7. The van der Waals surface area contributed by atoms with E-state index in [0.29, 0.717) is 34.9 Å². The topological polar surface area (TPSA) is 79.3 Å². The number of benzene rings is 3. The molecule has 2 heterocycles. The van der Waals surface area contributed by atoms with E-state index in [1.807, 2.05) is 6.07 Å². The Morgan fingerprint density at radius 2 is 1.57 bits per heavy atom. The van der Waals surface area contributed by atoms with Crippen molar-refractivity contribution in [1.82, 2.24) is 4.90 Å². The zero-order valence-corrected chi connectivity index (χ0v) is 20.2. The van der Waals surface area contributed by atoms with Gasteiger partial charge >= 0.3 is 0 Å². The smallest absolute Gasteiger partial charge is 0.266 e. The maximum absolute atomic E-state index is 13.2. The van der Waals surface area contributed by atoms with Gasteiger partial charge in [-0.1, -0.05) is 11.8 Å². The fourth-order valence-electron chi connectivity index (χ4n) is 4.37. The highest BCUT2D eigenvalue weighted by atomic mass is 32.2. The molecule has 0 atom stereocenters. The molecule has 1 saturated heterocycles. The lowest BCUT2D eigenvalue weighted by Gasteiger charge is -2.18. The molecular weight excluding hydrogens is 464 g/mol. The summed E-state index contributed by atoms with van der Waals surface area (Å²) in [6.07, 6.45) is 2.46. The predicted molar refractivity (Wildman–Crippen MR) is 134 cm³/mol. The SMILES string of the molecule is COc1cc(N2C(=O)c3ccc(Sc4ccc(O)cc4)cc3C2=O)ccc1OCCN1CCCC1. The van der Waals surface area contributed by atoms with Crippen LogP contribution in [0.25, 0.3) is 0 Å². The molecule has 5 rings (SSSR count). The van der Waals surface area contributed by atoms with Gasteiger partial charge in [0.2, 0.25) is 0 Å². The largest absolute Gasteiger partial charge is 0.508 e. The zero-order chi connectivity index (χ0) is 24.4. The molecule has 180 valence electrons.